The second kappa shape index (κ2) is 9.41. The fourth-order valence-corrected chi connectivity index (χ4v) is 4.65. The van der Waals surface area contributed by atoms with Crippen LogP contribution in [0.5, 0.6) is 0 Å². The predicted octanol–water partition coefficient (Wildman–Crippen LogP) is 4.06. The van der Waals surface area contributed by atoms with E-state index in [9.17, 15) is 23.1 Å². The molecule has 3 aliphatic rings. The van der Waals surface area contributed by atoms with Gasteiger partial charge in [0, 0.05) is 24.1 Å². The van der Waals surface area contributed by atoms with Crippen molar-refractivity contribution in [1.29, 1.82) is 0 Å². The number of aliphatic imine (C=N–C) groups is 1. The van der Waals surface area contributed by atoms with Crippen LogP contribution < -0.4 is 10.6 Å². The number of carbonyl (C=O) groups is 1. The Labute approximate surface area is 187 Å². The molecule has 1 aliphatic heterocycles. The molecule has 0 radical (unpaired) electrons. The van der Waals surface area contributed by atoms with Gasteiger partial charge in [-0.2, -0.15) is 13.2 Å². The molecule has 0 saturated heterocycles. The van der Waals surface area contributed by atoms with Crippen molar-refractivity contribution in [3.63, 3.8) is 0 Å². The third-order valence-corrected chi connectivity index (χ3v) is 6.48. The molecule has 1 fully saturated rings. The van der Waals surface area contributed by atoms with E-state index >= 15 is 0 Å². The quantitative estimate of drug-likeness (QED) is 0.588. The summed E-state index contributed by atoms with van der Waals surface area (Å²) in [5.74, 6) is -0.430. The van der Waals surface area contributed by atoms with Gasteiger partial charge in [0.05, 0.1) is 12.1 Å². The van der Waals surface area contributed by atoms with Crippen LogP contribution >= 0.6 is 0 Å². The number of hydrogen-bond donors (Lipinski definition) is 3. The van der Waals surface area contributed by atoms with Gasteiger partial charge in [-0.25, -0.2) is 0 Å². The molecule has 2 unspecified atom stereocenters. The zero-order valence-electron chi connectivity index (χ0n) is 19.2. The van der Waals surface area contributed by atoms with Gasteiger partial charge in [-0.1, -0.05) is 45.3 Å². The lowest BCUT2D eigenvalue weighted by Gasteiger charge is -2.38. The number of halogens is 3. The number of fused-ring (bicyclic) bond motifs is 1. The largest absolute Gasteiger partial charge is 0.405 e. The number of nitrogens with one attached hydrogen (secondary N) is 2. The first-order chi connectivity index (χ1) is 14.8. The first-order valence-electron chi connectivity index (χ1n) is 11.3. The zero-order chi connectivity index (χ0) is 23.7. The van der Waals surface area contributed by atoms with Gasteiger partial charge in [0.2, 0.25) is 0 Å². The molecule has 3 N–H and O–H groups in total. The van der Waals surface area contributed by atoms with Crippen molar-refractivity contribution in [3.8, 4) is 0 Å². The molecule has 178 valence electrons. The smallest absolute Gasteiger partial charge is 0.393 e. The average molecular weight is 454 g/mol. The first-order valence-corrected chi connectivity index (χ1v) is 11.3. The summed E-state index contributed by atoms with van der Waals surface area (Å²) in [4.78, 5) is 17.6. The SMILES string of the molecule is CC1=CC(C(=O)NC[C@@H]2CCCC[C@@H]2O)=NC2C(C(C)(C)C)=CC(NCC(F)(F)F)=CC12. The highest BCUT2D eigenvalue weighted by atomic mass is 19.4. The monoisotopic (exact) mass is 453 g/mol. The van der Waals surface area contributed by atoms with Crippen molar-refractivity contribution in [2.75, 3.05) is 13.1 Å². The van der Waals surface area contributed by atoms with Gasteiger partial charge in [0.15, 0.2) is 0 Å². The summed E-state index contributed by atoms with van der Waals surface area (Å²) < 4.78 is 38.2. The summed E-state index contributed by atoms with van der Waals surface area (Å²) >= 11 is 0. The second-order valence-corrected chi connectivity index (χ2v) is 10.1. The minimum atomic E-state index is -4.31. The number of nitrogens with zero attached hydrogens (tertiary/aromatic N) is 1. The van der Waals surface area contributed by atoms with Crippen molar-refractivity contribution in [2.45, 2.75) is 71.7 Å². The number of rotatable bonds is 5. The number of carbonyl (C=O) groups excluding carboxylic acids is 1. The number of alkyl halides is 3. The Bertz CT molecular complexity index is 850. The van der Waals surface area contributed by atoms with E-state index in [2.05, 4.69) is 10.6 Å². The van der Waals surface area contributed by atoms with Crippen molar-refractivity contribution in [2.24, 2.45) is 22.2 Å². The Balaban J connectivity index is 1.78. The highest BCUT2D eigenvalue weighted by Gasteiger charge is 2.38. The first kappa shape index (κ1) is 24.6. The molecule has 3 rings (SSSR count). The van der Waals surface area contributed by atoms with Gasteiger partial charge < -0.3 is 15.7 Å². The number of aliphatic hydroxyl groups excluding tert-OH is 1. The molecule has 2 aliphatic carbocycles. The summed E-state index contributed by atoms with van der Waals surface area (Å²) in [7, 11) is 0. The Morgan fingerprint density at radius 3 is 2.50 bits per heavy atom. The van der Waals surface area contributed by atoms with Gasteiger partial charge in [0.1, 0.15) is 12.3 Å². The van der Waals surface area contributed by atoms with E-state index in [1.807, 2.05) is 27.7 Å². The number of aliphatic hydroxyl groups is 1. The number of hydrogen-bond acceptors (Lipinski definition) is 4. The minimum Gasteiger partial charge on any atom is -0.393 e. The number of allylic oxidation sites excluding steroid dienone is 1. The summed E-state index contributed by atoms with van der Waals surface area (Å²) in [5, 5.41) is 15.6. The van der Waals surface area contributed by atoms with E-state index in [1.165, 1.54) is 0 Å². The molecule has 32 heavy (non-hydrogen) atoms. The molecule has 8 heteroatoms. The summed E-state index contributed by atoms with van der Waals surface area (Å²) in [6.45, 7) is 7.18. The molecule has 4 atom stereocenters. The lowest BCUT2D eigenvalue weighted by atomic mass is 9.72. The van der Waals surface area contributed by atoms with Crippen molar-refractivity contribution in [3.05, 3.63) is 35.1 Å². The Morgan fingerprint density at radius 1 is 1.19 bits per heavy atom. The molecule has 1 heterocycles. The molecule has 5 nitrogen and oxygen atoms in total. The van der Waals surface area contributed by atoms with Gasteiger partial charge >= 0.3 is 6.18 Å². The maximum atomic E-state index is 12.9. The van der Waals surface area contributed by atoms with Crippen LogP contribution in [-0.2, 0) is 4.79 Å². The minimum absolute atomic E-state index is 0.0552. The number of dihydropyridines is 1. The van der Waals surface area contributed by atoms with E-state index in [0.29, 0.717) is 18.0 Å². The molecule has 0 spiro atoms. The summed E-state index contributed by atoms with van der Waals surface area (Å²) in [6, 6.07) is -0.336. The summed E-state index contributed by atoms with van der Waals surface area (Å²) in [5.41, 5.74) is 2.18. The second-order valence-electron chi connectivity index (χ2n) is 10.1. The van der Waals surface area contributed by atoms with E-state index in [-0.39, 0.29) is 35.3 Å². The molecular weight excluding hydrogens is 419 g/mol. The van der Waals surface area contributed by atoms with Crippen LogP contribution in [0.2, 0.25) is 0 Å². The standard InChI is InChI=1S/C24H34F3N3O2/c1-14-9-19(22(32)28-12-15-7-5-6-8-20(15)31)30-21-17(14)10-16(29-13-24(25,26)27)11-18(21)23(2,3)4/h9-11,15,17,20-21,29,31H,5-8,12-13H2,1-4H3,(H,28,32)/t15-,17?,20-,21?/m0/s1. The highest BCUT2D eigenvalue weighted by Crippen LogP contribution is 2.41. The van der Waals surface area contributed by atoms with Crippen LogP contribution in [0.25, 0.3) is 0 Å². The van der Waals surface area contributed by atoms with Crippen molar-refractivity contribution < 1.29 is 23.1 Å². The Kier molecular flexibility index (Phi) is 7.22. The van der Waals surface area contributed by atoms with Crippen LogP contribution in [0.4, 0.5) is 13.2 Å². The van der Waals surface area contributed by atoms with Crippen LogP contribution in [0, 0.1) is 17.3 Å². The zero-order valence-corrected chi connectivity index (χ0v) is 19.2. The van der Waals surface area contributed by atoms with Gasteiger partial charge in [-0.05, 0) is 42.9 Å². The molecule has 0 aromatic rings. The van der Waals surface area contributed by atoms with E-state index in [0.717, 1.165) is 36.8 Å². The Hall–Kier alpha value is -2.09. The van der Waals surface area contributed by atoms with Crippen LogP contribution in [-0.4, -0.2) is 48.1 Å². The number of amides is 1. The molecular formula is C24H34F3N3O2. The van der Waals surface area contributed by atoms with Gasteiger partial charge in [-0.3, -0.25) is 9.79 Å². The maximum Gasteiger partial charge on any atom is 0.405 e. The molecule has 0 bridgehead atoms. The fraction of sp³-hybridized carbons (Fsp3) is 0.667. The van der Waals surface area contributed by atoms with Crippen LogP contribution in [0.15, 0.2) is 40.1 Å². The van der Waals surface area contributed by atoms with Crippen LogP contribution in [0.3, 0.4) is 0 Å². The molecule has 1 saturated carbocycles. The average Bonchev–Trinajstić information content (AvgIpc) is 2.69. The third-order valence-electron chi connectivity index (χ3n) is 6.48. The molecule has 0 aromatic heterocycles. The fourth-order valence-electron chi connectivity index (χ4n) is 4.65. The third kappa shape index (κ3) is 6.03. The topological polar surface area (TPSA) is 73.7 Å². The van der Waals surface area contributed by atoms with E-state index < -0.39 is 12.7 Å². The van der Waals surface area contributed by atoms with E-state index in [4.69, 9.17) is 4.99 Å². The Morgan fingerprint density at radius 2 is 1.88 bits per heavy atom. The van der Waals surface area contributed by atoms with Crippen LogP contribution in [0.1, 0.15) is 53.4 Å². The van der Waals surface area contributed by atoms with Gasteiger partial charge in [0.25, 0.3) is 5.91 Å². The molecule has 1 amide bonds. The molecule has 0 aromatic carbocycles. The predicted molar refractivity (Wildman–Crippen MR) is 119 cm³/mol. The van der Waals surface area contributed by atoms with E-state index in [1.54, 1.807) is 18.2 Å². The normalized spacial score (nSPS) is 28.6. The highest BCUT2D eigenvalue weighted by molar-refractivity contribution is 6.43. The maximum absolute atomic E-state index is 12.9. The summed E-state index contributed by atoms with van der Waals surface area (Å²) in [6.07, 6.45) is 4.26. The van der Waals surface area contributed by atoms with Crippen molar-refractivity contribution in [1.82, 2.24) is 10.6 Å². The lowest BCUT2D eigenvalue weighted by Crippen LogP contribution is -2.42. The van der Waals surface area contributed by atoms with Crippen molar-refractivity contribution >= 4 is 11.6 Å². The van der Waals surface area contributed by atoms with Gasteiger partial charge in [-0.15, -0.1) is 0 Å². The lowest BCUT2D eigenvalue weighted by molar-refractivity contribution is -0.123.